The summed E-state index contributed by atoms with van der Waals surface area (Å²) >= 11 is 5.93. The average molecular weight is 402 g/mol. The fourth-order valence-electron chi connectivity index (χ4n) is 2.44. The number of carbonyl (C=O) groups is 3. The van der Waals surface area contributed by atoms with Crippen molar-refractivity contribution in [2.45, 2.75) is 6.92 Å². The standard InChI is InChI=1S/C17H17ClFNO7/c1-4-27-16(22)9-5-13(12(19)6-11(9)18)20-8-26-7-10(15(21)24-2)14(20)17(23)25-3/h5-6H,4,7-8H2,1-3H3. The van der Waals surface area contributed by atoms with Crippen molar-refractivity contribution in [3.63, 3.8) is 0 Å². The van der Waals surface area contributed by atoms with Crippen molar-refractivity contribution in [1.29, 1.82) is 0 Å². The number of benzene rings is 1. The molecule has 1 aliphatic heterocycles. The van der Waals surface area contributed by atoms with E-state index >= 15 is 0 Å². The van der Waals surface area contributed by atoms with Crippen LogP contribution in [0, 0.1) is 5.82 Å². The minimum absolute atomic E-state index is 0.0918. The molecular formula is C17H17ClFNO7. The van der Waals surface area contributed by atoms with Gasteiger partial charge in [-0.3, -0.25) is 0 Å². The van der Waals surface area contributed by atoms with Crippen LogP contribution in [0.4, 0.5) is 10.1 Å². The molecule has 10 heteroatoms. The molecule has 0 spiro atoms. The Morgan fingerprint density at radius 3 is 2.44 bits per heavy atom. The van der Waals surface area contributed by atoms with Gasteiger partial charge >= 0.3 is 17.9 Å². The summed E-state index contributed by atoms with van der Waals surface area (Å²) in [5.41, 5.74) is -0.734. The minimum atomic E-state index is -0.897. The van der Waals surface area contributed by atoms with E-state index in [-0.39, 0.29) is 47.5 Å². The second-order valence-electron chi connectivity index (χ2n) is 5.22. The molecule has 0 amide bonds. The SMILES string of the molecule is CCOC(=O)c1cc(N2COCC(C(=O)OC)=C2C(=O)OC)c(F)cc1Cl. The van der Waals surface area contributed by atoms with Crippen LogP contribution in [0.1, 0.15) is 17.3 Å². The topological polar surface area (TPSA) is 91.4 Å². The van der Waals surface area contributed by atoms with Gasteiger partial charge in [0.2, 0.25) is 0 Å². The monoisotopic (exact) mass is 401 g/mol. The summed E-state index contributed by atoms with van der Waals surface area (Å²) in [6.07, 6.45) is 0. The molecule has 0 saturated carbocycles. The van der Waals surface area contributed by atoms with Crippen LogP contribution in [-0.4, -0.2) is 52.1 Å². The van der Waals surface area contributed by atoms with Crippen LogP contribution in [0.3, 0.4) is 0 Å². The molecule has 1 aromatic carbocycles. The number of methoxy groups -OCH3 is 2. The molecule has 0 fully saturated rings. The largest absolute Gasteiger partial charge is 0.466 e. The smallest absolute Gasteiger partial charge is 0.355 e. The van der Waals surface area contributed by atoms with Crippen LogP contribution >= 0.6 is 11.6 Å². The first-order chi connectivity index (χ1) is 12.8. The normalized spacial score (nSPS) is 14.0. The van der Waals surface area contributed by atoms with Gasteiger partial charge in [0, 0.05) is 0 Å². The zero-order chi connectivity index (χ0) is 20.1. The van der Waals surface area contributed by atoms with Gasteiger partial charge in [-0.15, -0.1) is 0 Å². The van der Waals surface area contributed by atoms with Crippen LogP contribution in [0.2, 0.25) is 5.02 Å². The van der Waals surface area contributed by atoms with Crippen molar-refractivity contribution in [2.75, 3.05) is 39.1 Å². The second kappa shape index (κ2) is 8.83. The predicted octanol–water partition coefficient (Wildman–Crippen LogP) is 2.05. The van der Waals surface area contributed by atoms with Gasteiger partial charge in [-0.05, 0) is 19.1 Å². The zero-order valence-electron chi connectivity index (χ0n) is 14.8. The molecule has 0 atom stereocenters. The van der Waals surface area contributed by atoms with Crippen molar-refractivity contribution in [1.82, 2.24) is 0 Å². The molecule has 0 aliphatic carbocycles. The van der Waals surface area contributed by atoms with Crippen molar-refractivity contribution >= 4 is 35.2 Å². The van der Waals surface area contributed by atoms with Crippen LogP contribution in [-0.2, 0) is 28.5 Å². The first-order valence-electron chi connectivity index (χ1n) is 7.76. The lowest BCUT2D eigenvalue weighted by atomic mass is 10.1. The molecule has 1 aromatic rings. The van der Waals surface area contributed by atoms with E-state index in [1.165, 1.54) is 0 Å². The zero-order valence-corrected chi connectivity index (χ0v) is 15.6. The number of halogens is 2. The molecule has 0 bridgehead atoms. The van der Waals surface area contributed by atoms with Crippen LogP contribution in [0.15, 0.2) is 23.4 Å². The summed E-state index contributed by atoms with van der Waals surface area (Å²) in [5.74, 6) is -3.34. The van der Waals surface area contributed by atoms with Gasteiger partial charge in [-0.1, -0.05) is 11.6 Å². The third-order valence-corrected chi connectivity index (χ3v) is 3.97. The molecule has 0 aromatic heterocycles. The highest BCUT2D eigenvalue weighted by molar-refractivity contribution is 6.33. The molecular weight excluding hydrogens is 385 g/mol. The average Bonchev–Trinajstić information content (AvgIpc) is 2.66. The van der Waals surface area contributed by atoms with E-state index in [0.29, 0.717) is 0 Å². The minimum Gasteiger partial charge on any atom is -0.466 e. The number of nitrogens with zero attached hydrogens (tertiary/aromatic N) is 1. The Hall–Kier alpha value is -2.65. The van der Waals surface area contributed by atoms with Crippen LogP contribution in [0.25, 0.3) is 0 Å². The third-order valence-electron chi connectivity index (χ3n) is 3.66. The Morgan fingerprint density at radius 2 is 1.85 bits per heavy atom. The van der Waals surface area contributed by atoms with Crippen LogP contribution in [0.5, 0.6) is 0 Å². The Kier molecular flexibility index (Phi) is 6.75. The number of esters is 3. The number of anilines is 1. The maximum Gasteiger partial charge on any atom is 0.355 e. The van der Waals surface area contributed by atoms with E-state index in [2.05, 4.69) is 4.74 Å². The second-order valence-corrected chi connectivity index (χ2v) is 5.63. The molecule has 0 unspecified atom stereocenters. The molecule has 0 saturated heterocycles. The number of ether oxygens (including phenoxy) is 4. The van der Waals surface area contributed by atoms with Crippen molar-refractivity contribution < 1.29 is 37.7 Å². The molecule has 27 heavy (non-hydrogen) atoms. The van der Waals surface area contributed by atoms with E-state index in [1.54, 1.807) is 6.92 Å². The highest BCUT2D eigenvalue weighted by atomic mass is 35.5. The molecule has 2 rings (SSSR count). The number of hydrogen-bond donors (Lipinski definition) is 0. The Labute approximate surface area is 159 Å². The van der Waals surface area contributed by atoms with Gasteiger partial charge in [-0.2, -0.15) is 0 Å². The lowest BCUT2D eigenvalue weighted by Crippen LogP contribution is -2.39. The molecule has 8 nitrogen and oxygen atoms in total. The number of carbonyl (C=O) groups excluding carboxylic acids is 3. The van der Waals surface area contributed by atoms with Crippen molar-refractivity contribution in [2.24, 2.45) is 0 Å². The first-order valence-corrected chi connectivity index (χ1v) is 8.14. The van der Waals surface area contributed by atoms with E-state index in [0.717, 1.165) is 31.3 Å². The van der Waals surface area contributed by atoms with E-state index in [1.807, 2.05) is 0 Å². The molecule has 0 N–H and O–H groups in total. The van der Waals surface area contributed by atoms with Gasteiger partial charge in [0.05, 0.1) is 49.3 Å². The molecule has 1 heterocycles. The van der Waals surface area contributed by atoms with E-state index < -0.39 is 23.7 Å². The number of hydrogen-bond acceptors (Lipinski definition) is 8. The quantitative estimate of drug-likeness (QED) is 0.547. The molecule has 0 radical (unpaired) electrons. The van der Waals surface area contributed by atoms with Crippen molar-refractivity contribution in [3.05, 3.63) is 39.8 Å². The van der Waals surface area contributed by atoms with Gasteiger partial charge in [0.1, 0.15) is 18.2 Å². The van der Waals surface area contributed by atoms with Gasteiger partial charge in [0.15, 0.2) is 0 Å². The van der Waals surface area contributed by atoms with Crippen LogP contribution < -0.4 is 4.90 Å². The summed E-state index contributed by atoms with van der Waals surface area (Å²) in [4.78, 5) is 37.4. The van der Waals surface area contributed by atoms with E-state index in [4.69, 9.17) is 25.8 Å². The van der Waals surface area contributed by atoms with E-state index in [9.17, 15) is 18.8 Å². The molecule has 146 valence electrons. The highest BCUT2D eigenvalue weighted by Gasteiger charge is 2.34. The lowest BCUT2D eigenvalue weighted by Gasteiger charge is -2.31. The van der Waals surface area contributed by atoms with Gasteiger partial charge in [0.25, 0.3) is 0 Å². The first kappa shape index (κ1) is 20.7. The van der Waals surface area contributed by atoms with Gasteiger partial charge < -0.3 is 23.8 Å². The van der Waals surface area contributed by atoms with Crippen molar-refractivity contribution in [3.8, 4) is 0 Å². The summed E-state index contributed by atoms with van der Waals surface area (Å²) in [5, 5.41) is -0.163. The Bertz CT molecular complexity index is 809. The highest BCUT2D eigenvalue weighted by Crippen LogP contribution is 2.32. The number of rotatable bonds is 5. The summed E-state index contributed by atoms with van der Waals surface area (Å²) < 4.78 is 34.1. The Morgan fingerprint density at radius 1 is 1.19 bits per heavy atom. The summed E-state index contributed by atoms with van der Waals surface area (Å²) in [7, 11) is 2.24. The third kappa shape index (κ3) is 4.20. The summed E-state index contributed by atoms with van der Waals surface area (Å²) in [6, 6.07) is 2.02. The lowest BCUT2D eigenvalue weighted by molar-refractivity contribution is -0.140. The maximum absolute atomic E-state index is 14.6. The maximum atomic E-state index is 14.6. The predicted molar refractivity (Wildman–Crippen MR) is 91.7 cm³/mol. The Balaban J connectivity index is 2.63. The molecule has 1 aliphatic rings. The summed E-state index contributed by atoms with van der Waals surface area (Å²) in [6.45, 7) is 1.20. The van der Waals surface area contributed by atoms with Gasteiger partial charge in [-0.25, -0.2) is 18.8 Å². The fraction of sp³-hybridized carbons (Fsp3) is 0.353. The fourth-order valence-corrected chi connectivity index (χ4v) is 2.67.